The van der Waals surface area contributed by atoms with Gasteiger partial charge in [-0.2, -0.15) is 0 Å². The molecule has 0 saturated carbocycles. The number of likely N-dealkylation sites (N-methyl/N-ethyl adjacent to an activating group) is 1. The lowest BCUT2D eigenvalue weighted by Crippen LogP contribution is -2.52. The van der Waals surface area contributed by atoms with Gasteiger partial charge < -0.3 is 10.0 Å². The Morgan fingerprint density at radius 3 is 2.50 bits per heavy atom. The number of piperazine rings is 1. The summed E-state index contributed by atoms with van der Waals surface area (Å²) in [5.74, 6) is -1.18. The van der Waals surface area contributed by atoms with Crippen molar-refractivity contribution in [1.29, 1.82) is 0 Å². The van der Waals surface area contributed by atoms with Gasteiger partial charge in [-0.15, -0.1) is 0 Å². The Labute approximate surface area is 118 Å². The number of amides is 1. The van der Waals surface area contributed by atoms with Crippen LogP contribution in [0.3, 0.4) is 0 Å². The molecule has 1 aromatic carbocycles. The van der Waals surface area contributed by atoms with Crippen LogP contribution in [-0.2, 0) is 11.2 Å². The zero-order chi connectivity index (χ0) is 14.5. The van der Waals surface area contributed by atoms with E-state index in [1.165, 1.54) is 6.07 Å². The predicted molar refractivity (Wildman–Crippen MR) is 74.3 cm³/mol. The molecule has 1 fully saturated rings. The third-order valence-corrected chi connectivity index (χ3v) is 3.38. The number of nitrogens with zero attached hydrogens (tertiary/aromatic N) is 2. The van der Waals surface area contributed by atoms with E-state index in [1.807, 2.05) is 12.1 Å². The average molecular weight is 277 g/mol. The lowest BCUT2D eigenvalue weighted by atomic mass is 10.0. The van der Waals surface area contributed by atoms with Gasteiger partial charge in [0.2, 0.25) is 5.91 Å². The number of carbonyl (C=O) groups excluding carboxylic acids is 1. The maximum Gasteiger partial charge on any atom is 0.335 e. The van der Waals surface area contributed by atoms with Gasteiger partial charge in [0.05, 0.1) is 12.0 Å². The van der Waals surface area contributed by atoms with Crippen LogP contribution in [0.15, 0.2) is 24.3 Å². The Kier molecular flexibility index (Phi) is 4.70. The Bertz CT molecular complexity index is 496. The molecule has 2 rings (SSSR count). The van der Waals surface area contributed by atoms with E-state index in [9.17, 15) is 9.59 Å². The topological polar surface area (TPSA) is 72.9 Å². The van der Waals surface area contributed by atoms with Crippen molar-refractivity contribution in [2.45, 2.75) is 6.42 Å². The quantitative estimate of drug-likeness (QED) is 0.823. The Morgan fingerprint density at radius 1 is 1.20 bits per heavy atom. The zero-order valence-electron chi connectivity index (χ0n) is 11.5. The second-order valence-electron chi connectivity index (χ2n) is 4.96. The number of hydrogen-bond donors (Lipinski definition) is 2. The smallest absolute Gasteiger partial charge is 0.335 e. The first-order valence-electron chi connectivity index (χ1n) is 6.60. The largest absolute Gasteiger partial charge is 0.478 e. The molecule has 1 aliphatic heterocycles. The van der Waals surface area contributed by atoms with Crippen molar-refractivity contribution in [2.24, 2.45) is 0 Å². The van der Waals surface area contributed by atoms with Crippen LogP contribution in [0.25, 0.3) is 0 Å². The minimum atomic E-state index is -1.01. The van der Waals surface area contributed by atoms with Gasteiger partial charge in [-0.1, -0.05) is 18.2 Å². The molecule has 0 aromatic heterocycles. The number of carbonyl (C=O) groups is 2. The van der Waals surface area contributed by atoms with Crippen LogP contribution in [0.4, 0.5) is 0 Å². The summed E-state index contributed by atoms with van der Waals surface area (Å²) in [7, 11) is 2.04. The summed E-state index contributed by atoms with van der Waals surface area (Å²) in [4.78, 5) is 25.3. The fourth-order valence-electron chi connectivity index (χ4n) is 2.19. The molecule has 108 valence electrons. The third kappa shape index (κ3) is 3.79. The molecule has 1 saturated heterocycles. The van der Waals surface area contributed by atoms with E-state index in [2.05, 4.69) is 10.3 Å². The molecule has 0 atom stereocenters. The van der Waals surface area contributed by atoms with Gasteiger partial charge in [0.15, 0.2) is 0 Å². The van der Waals surface area contributed by atoms with Crippen molar-refractivity contribution in [3.63, 3.8) is 0 Å². The summed E-state index contributed by atoms with van der Waals surface area (Å²) in [5, 5.41) is 11.0. The van der Waals surface area contributed by atoms with Crippen LogP contribution in [0.1, 0.15) is 15.9 Å². The van der Waals surface area contributed by atoms with Crippen molar-refractivity contribution in [3.05, 3.63) is 35.4 Å². The molecule has 20 heavy (non-hydrogen) atoms. The Balaban J connectivity index is 1.93. The van der Waals surface area contributed by atoms with Gasteiger partial charge >= 0.3 is 5.97 Å². The van der Waals surface area contributed by atoms with Crippen molar-refractivity contribution >= 4 is 11.9 Å². The van der Waals surface area contributed by atoms with E-state index >= 15 is 0 Å². The lowest BCUT2D eigenvalue weighted by Gasteiger charge is -2.32. The number of carboxylic acid groups (broad SMARTS) is 1. The lowest BCUT2D eigenvalue weighted by molar-refractivity contribution is -0.126. The highest BCUT2D eigenvalue weighted by Crippen LogP contribution is 2.09. The highest BCUT2D eigenvalue weighted by Gasteiger charge is 2.17. The molecular weight excluding hydrogens is 258 g/mol. The zero-order valence-corrected chi connectivity index (χ0v) is 11.5. The van der Waals surface area contributed by atoms with Gasteiger partial charge in [0.25, 0.3) is 0 Å². The molecule has 0 unspecified atom stereocenters. The summed E-state index contributed by atoms with van der Waals surface area (Å²) in [5.41, 5.74) is 3.54. The van der Waals surface area contributed by atoms with Gasteiger partial charge in [-0.3, -0.25) is 10.2 Å². The minimum Gasteiger partial charge on any atom is -0.478 e. The number of benzene rings is 1. The third-order valence-electron chi connectivity index (χ3n) is 3.38. The molecule has 6 heteroatoms. The number of rotatable bonds is 4. The predicted octanol–water partition coefficient (Wildman–Crippen LogP) is 0.206. The highest BCUT2D eigenvalue weighted by molar-refractivity contribution is 5.91. The highest BCUT2D eigenvalue weighted by atomic mass is 16.4. The molecule has 1 aromatic rings. The van der Waals surface area contributed by atoms with Crippen molar-refractivity contribution in [3.8, 4) is 0 Å². The molecule has 0 bridgehead atoms. The van der Waals surface area contributed by atoms with Gasteiger partial charge in [0, 0.05) is 26.2 Å². The molecule has 0 spiro atoms. The summed E-state index contributed by atoms with van der Waals surface area (Å²) in [6.45, 7) is 3.38. The van der Waals surface area contributed by atoms with Gasteiger partial charge in [-0.25, -0.2) is 9.80 Å². The fraction of sp³-hybridized carbons (Fsp3) is 0.429. The molecule has 2 N–H and O–H groups in total. The fourth-order valence-corrected chi connectivity index (χ4v) is 2.19. The van der Waals surface area contributed by atoms with Crippen molar-refractivity contribution in [2.75, 3.05) is 33.2 Å². The molecule has 6 nitrogen and oxygen atoms in total. The first kappa shape index (κ1) is 14.5. The number of nitrogens with one attached hydrogen (secondary N) is 1. The van der Waals surface area contributed by atoms with Crippen LogP contribution in [0, 0.1) is 0 Å². The van der Waals surface area contributed by atoms with Crippen molar-refractivity contribution < 1.29 is 14.7 Å². The number of carboxylic acids is 1. The molecule has 0 aliphatic carbocycles. The molecule has 0 radical (unpaired) electrons. The van der Waals surface area contributed by atoms with Gasteiger partial charge in [-0.05, 0) is 18.7 Å². The Morgan fingerprint density at radius 2 is 1.85 bits per heavy atom. The van der Waals surface area contributed by atoms with Crippen LogP contribution in [-0.4, -0.2) is 60.1 Å². The molecule has 1 heterocycles. The van der Waals surface area contributed by atoms with E-state index < -0.39 is 5.97 Å². The van der Waals surface area contributed by atoms with E-state index in [0.29, 0.717) is 5.56 Å². The van der Waals surface area contributed by atoms with E-state index in [-0.39, 0.29) is 17.9 Å². The van der Waals surface area contributed by atoms with Crippen LogP contribution in [0.2, 0.25) is 0 Å². The number of hydrogen-bond acceptors (Lipinski definition) is 4. The van der Waals surface area contributed by atoms with Crippen LogP contribution < -0.4 is 5.43 Å². The molecule has 1 amide bonds. The first-order valence-corrected chi connectivity index (χ1v) is 6.60. The standard InChI is InChI=1S/C14H19N3O3/c1-16-6-8-17(9-7-16)15-13(18)10-11-4-2-3-5-12(11)14(19)20/h2-5H,6-10H2,1H3,(H,15,18)(H,19,20). The molecular formula is C14H19N3O3. The van der Waals surface area contributed by atoms with E-state index in [4.69, 9.17) is 5.11 Å². The molecule has 1 aliphatic rings. The second kappa shape index (κ2) is 6.49. The summed E-state index contributed by atoms with van der Waals surface area (Å²) in [6, 6.07) is 6.59. The van der Waals surface area contributed by atoms with Crippen LogP contribution >= 0.6 is 0 Å². The normalized spacial score (nSPS) is 16.9. The van der Waals surface area contributed by atoms with Gasteiger partial charge in [0.1, 0.15) is 0 Å². The maximum absolute atomic E-state index is 12.0. The summed E-state index contributed by atoms with van der Waals surface area (Å²) < 4.78 is 0. The monoisotopic (exact) mass is 277 g/mol. The second-order valence-corrected chi connectivity index (χ2v) is 4.96. The Hall–Kier alpha value is -1.92. The van der Waals surface area contributed by atoms with Crippen LogP contribution in [0.5, 0.6) is 0 Å². The summed E-state index contributed by atoms with van der Waals surface area (Å²) >= 11 is 0. The van der Waals surface area contributed by atoms with E-state index in [1.54, 1.807) is 18.2 Å². The maximum atomic E-state index is 12.0. The minimum absolute atomic E-state index is 0.0782. The van der Waals surface area contributed by atoms with E-state index in [0.717, 1.165) is 26.2 Å². The number of aromatic carboxylic acids is 1. The number of hydrazine groups is 1. The van der Waals surface area contributed by atoms with Crippen molar-refractivity contribution in [1.82, 2.24) is 15.3 Å². The SMILES string of the molecule is CN1CCN(NC(=O)Cc2ccccc2C(=O)O)CC1. The summed E-state index contributed by atoms with van der Waals surface area (Å²) in [6.07, 6.45) is 0.0782. The average Bonchev–Trinajstić information content (AvgIpc) is 2.41. The first-order chi connectivity index (χ1) is 9.56.